The van der Waals surface area contributed by atoms with Crippen molar-refractivity contribution in [3.63, 3.8) is 0 Å². The van der Waals surface area contributed by atoms with Gasteiger partial charge in [0, 0.05) is 11.6 Å². The van der Waals surface area contributed by atoms with E-state index in [1.54, 1.807) is 24.3 Å². The lowest BCUT2D eigenvalue weighted by Gasteiger charge is -2.17. The summed E-state index contributed by atoms with van der Waals surface area (Å²) in [5.74, 6) is 0.405. The van der Waals surface area contributed by atoms with E-state index in [0.717, 1.165) is 16.9 Å². The van der Waals surface area contributed by atoms with E-state index in [-0.39, 0.29) is 24.3 Å². The van der Waals surface area contributed by atoms with E-state index >= 15 is 0 Å². The molecule has 0 radical (unpaired) electrons. The van der Waals surface area contributed by atoms with Crippen molar-refractivity contribution >= 4 is 17.9 Å². The number of hydrogen-bond acceptors (Lipinski definition) is 4. The number of ether oxygens (including phenoxy) is 1. The zero-order valence-electron chi connectivity index (χ0n) is 18.8. The summed E-state index contributed by atoms with van der Waals surface area (Å²) in [7, 11) is 0. The second kappa shape index (κ2) is 10.5. The smallest absolute Gasteiger partial charge is 0.268 e. The molecule has 1 heterocycles. The lowest BCUT2D eigenvalue weighted by atomic mass is 10.1. The molecule has 0 fully saturated rings. The van der Waals surface area contributed by atoms with Gasteiger partial charge in [0.05, 0.1) is 12.3 Å². The number of furan rings is 1. The number of aryl methyl sites for hydroxylation is 3. The summed E-state index contributed by atoms with van der Waals surface area (Å²) in [6.07, 6.45) is 3.01. The molecular weight excluding hydrogens is 404 g/mol. The van der Waals surface area contributed by atoms with Crippen molar-refractivity contribution in [1.29, 1.82) is 0 Å². The first kappa shape index (κ1) is 22.9. The van der Waals surface area contributed by atoms with Crippen molar-refractivity contribution < 1.29 is 18.7 Å². The third-order valence-electron chi connectivity index (χ3n) is 5.07. The van der Waals surface area contributed by atoms with E-state index in [0.29, 0.717) is 11.3 Å². The molecule has 32 heavy (non-hydrogen) atoms. The molecule has 2 aromatic carbocycles. The standard InChI is InChI=1S/C26H28N2O4/c1-17-11-12-22(14-19(17)3)32-16-20(4)27-26(30)24(15-21-9-7-13-31-21)28-25(29)23-10-6-5-8-18(23)2/h5-15,20H,16H2,1-4H3,(H,27,30)(H,28,29)/b24-15-/t20-/m1/s1. The Labute approximate surface area is 188 Å². The van der Waals surface area contributed by atoms with Gasteiger partial charge in [0.1, 0.15) is 23.8 Å². The topological polar surface area (TPSA) is 80.6 Å². The predicted molar refractivity (Wildman–Crippen MR) is 124 cm³/mol. The van der Waals surface area contributed by atoms with Crippen LogP contribution in [0.25, 0.3) is 6.08 Å². The molecular formula is C26H28N2O4. The highest BCUT2D eigenvalue weighted by Gasteiger charge is 2.18. The van der Waals surface area contributed by atoms with Crippen LogP contribution < -0.4 is 15.4 Å². The minimum Gasteiger partial charge on any atom is -0.491 e. The summed E-state index contributed by atoms with van der Waals surface area (Å²) in [6.45, 7) is 8.04. The van der Waals surface area contributed by atoms with Crippen LogP contribution in [0.15, 0.2) is 71.0 Å². The van der Waals surface area contributed by atoms with Gasteiger partial charge in [-0.05, 0) is 74.7 Å². The number of nitrogens with one attached hydrogen (secondary N) is 2. The van der Waals surface area contributed by atoms with Gasteiger partial charge in [-0.25, -0.2) is 0 Å². The molecule has 1 atom stereocenters. The molecule has 166 valence electrons. The second-order valence-electron chi connectivity index (χ2n) is 7.77. The van der Waals surface area contributed by atoms with E-state index in [1.807, 2.05) is 58.0 Å². The van der Waals surface area contributed by atoms with Gasteiger partial charge >= 0.3 is 0 Å². The molecule has 0 spiro atoms. The van der Waals surface area contributed by atoms with Crippen molar-refractivity contribution in [1.82, 2.24) is 10.6 Å². The summed E-state index contributed by atoms with van der Waals surface area (Å²) in [4.78, 5) is 25.7. The molecule has 2 N–H and O–H groups in total. The molecule has 3 aromatic rings. The Bertz CT molecular complexity index is 1120. The Morgan fingerprint density at radius 3 is 2.47 bits per heavy atom. The minimum absolute atomic E-state index is 0.0891. The molecule has 0 saturated carbocycles. The highest BCUT2D eigenvalue weighted by Crippen LogP contribution is 2.16. The van der Waals surface area contributed by atoms with Gasteiger partial charge in [-0.3, -0.25) is 9.59 Å². The first-order chi connectivity index (χ1) is 15.3. The zero-order chi connectivity index (χ0) is 23.1. The molecule has 0 unspecified atom stereocenters. The van der Waals surface area contributed by atoms with Crippen LogP contribution in [0, 0.1) is 20.8 Å². The van der Waals surface area contributed by atoms with Crippen LogP contribution in [-0.4, -0.2) is 24.5 Å². The van der Waals surface area contributed by atoms with Gasteiger partial charge in [0.2, 0.25) is 0 Å². The summed E-state index contributed by atoms with van der Waals surface area (Å²) in [5, 5.41) is 5.59. The molecule has 0 aliphatic heterocycles. The molecule has 0 saturated heterocycles. The van der Waals surface area contributed by atoms with Crippen LogP contribution in [0.3, 0.4) is 0 Å². The van der Waals surface area contributed by atoms with E-state index < -0.39 is 5.91 Å². The number of carbonyl (C=O) groups excluding carboxylic acids is 2. The maximum absolute atomic E-state index is 13.0. The van der Waals surface area contributed by atoms with Crippen LogP contribution >= 0.6 is 0 Å². The fourth-order valence-electron chi connectivity index (χ4n) is 3.06. The maximum atomic E-state index is 13.0. The SMILES string of the molecule is Cc1ccc(OC[C@@H](C)NC(=O)/C(=C/c2ccco2)NC(=O)c2ccccc2C)cc1C. The van der Waals surface area contributed by atoms with E-state index in [9.17, 15) is 9.59 Å². The van der Waals surface area contributed by atoms with Crippen LogP contribution in [-0.2, 0) is 4.79 Å². The van der Waals surface area contributed by atoms with Crippen LogP contribution in [0.2, 0.25) is 0 Å². The average Bonchev–Trinajstić information content (AvgIpc) is 3.27. The number of benzene rings is 2. The van der Waals surface area contributed by atoms with Crippen LogP contribution in [0.1, 0.15) is 39.7 Å². The van der Waals surface area contributed by atoms with Gasteiger partial charge in [-0.2, -0.15) is 0 Å². The number of rotatable bonds is 8. The predicted octanol–water partition coefficient (Wildman–Crippen LogP) is 4.56. The van der Waals surface area contributed by atoms with Crippen LogP contribution in [0.5, 0.6) is 5.75 Å². The highest BCUT2D eigenvalue weighted by atomic mass is 16.5. The first-order valence-electron chi connectivity index (χ1n) is 10.5. The second-order valence-corrected chi connectivity index (χ2v) is 7.77. The fourth-order valence-corrected chi connectivity index (χ4v) is 3.06. The van der Waals surface area contributed by atoms with E-state index in [1.165, 1.54) is 17.9 Å². The molecule has 3 rings (SSSR count). The molecule has 6 heteroatoms. The molecule has 0 aliphatic carbocycles. The lowest BCUT2D eigenvalue weighted by molar-refractivity contribution is -0.118. The largest absolute Gasteiger partial charge is 0.491 e. The van der Waals surface area contributed by atoms with E-state index in [4.69, 9.17) is 9.15 Å². The first-order valence-corrected chi connectivity index (χ1v) is 10.5. The zero-order valence-corrected chi connectivity index (χ0v) is 18.8. The molecule has 6 nitrogen and oxygen atoms in total. The molecule has 2 amide bonds. The molecule has 1 aromatic heterocycles. The summed E-state index contributed by atoms with van der Waals surface area (Å²) < 4.78 is 11.1. The van der Waals surface area contributed by atoms with Gasteiger partial charge < -0.3 is 19.8 Å². The third-order valence-corrected chi connectivity index (χ3v) is 5.07. The Morgan fingerprint density at radius 1 is 1.00 bits per heavy atom. The average molecular weight is 433 g/mol. The van der Waals surface area contributed by atoms with Gasteiger partial charge in [-0.1, -0.05) is 24.3 Å². The maximum Gasteiger partial charge on any atom is 0.268 e. The summed E-state index contributed by atoms with van der Waals surface area (Å²) in [6, 6.07) is 16.2. The van der Waals surface area contributed by atoms with Crippen molar-refractivity contribution in [2.75, 3.05) is 6.61 Å². The van der Waals surface area contributed by atoms with Gasteiger partial charge in [0.15, 0.2) is 0 Å². The summed E-state index contributed by atoms with van der Waals surface area (Å²) >= 11 is 0. The lowest BCUT2D eigenvalue weighted by Crippen LogP contribution is -2.41. The number of amides is 2. The van der Waals surface area contributed by atoms with Gasteiger partial charge in [-0.15, -0.1) is 0 Å². The van der Waals surface area contributed by atoms with Crippen molar-refractivity contribution in [3.05, 3.63) is 94.6 Å². The number of hydrogen-bond donors (Lipinski definition) is 2. The van der Waals surface area contributed by atoms with E-state index in [2.05, 4.69) is 10.6 Å². The Kier molecular flexibility index (Phi) is 7.49. The normalized spacial score (nSPS) is 12.2. The Morgan fingerprint density at radius 2 is 1.78 bits per heavy atom. The third kappa shape index (κ3) is 6.11. The Hall–Kier alpha value is -3.80. The highest BCUT2D eigenvalue weighted by molar-refractivity contribution is 6.05. The quantitative estimate of drug-likeness (QED) is 0.512. The fraction of sp³-hybridized carbons (Fsp3) is 0.231. The Balaban J connectivity index is 1.68. The monoisotopic (exact) mass is 432 g/mol. The minimum atomic E-state index is -0.431. The molecule has 0 bridgehead atoms. The van der Waals surface area contributed by atoms with Crippen molar-refractivity contribution in [3.8, 4) is 5.75 Å². The van der Waals surface area contributed by atoms with Crippen LogP contribution in [0.4, 0.5) is 0 Å². The molecule has 0 aliphatic rings. The van der Waals surface area contributed by atoms with Crippen molar-refractivity contribution in [2.24, 2.45) is 0 Å². The van der Waals surface area contributed by atoms with Gasteiger partial charge in [0.25, 0.3) is 11.8 Å². The van der Waals surface area contributed by atoms with Crippen molar-refractivity contribution in [2.45, 2.75) is 33.7 Å². The summed E-state index contributed by atoms with van der Waals surface area (Å²) in [5.41, 5.74) is 3.73. The number of carbonyl (C=O) groups is 2.